The Kier molecular flexibility index (Phi) is 4.53. The molecule has 0 spiro atoms. The molecule has 0 aromatic heterocycles. The highest BCUT2D eigenvalue weighted by atomic mass is 16.5. The quantitative estimate of drug-likeness (QED) is 0.848. The lowest BCUT2D eigenvalue weighted by Gasteiger charge is -2.20. The molecule has 104 valence electrons. The average molecular weight is 270 g/mol. The Hall–Kier alpha value is -2.13. The van der Waals surface area contributed by atoms with Gasteiger partial charge in [0.05, 0.1) is 13.2 Å². The molecular formula is C17H18O3. The highest BCUT2D eigenvalue weighted by molar-refractivity contribution is 5.98. The molecular weight excluding hydrogens is 252 g/mol. The summed E-state index contributed by atoms with van der Waals surface area (Å²) < 4.78 is 5.23. The van der Waals surface area contributed by atoms with Gasteiger partial charge in [-0.05, 0) is 6.07 Å². The monoisotopic (exact) mass is 270 g/mol. The van der Waals surface area contributed by atoms with Crippen LogP contribution in [0.4, 0.5) is 0 Å². The van der Waals surface area contributed by atoms with Crippen molar-refractivity contribution >= 4 is 5.78 Å². The number of benzene rings is 2. The van der Waals surface area contributed by atoms with Crippen molar-refractivity contribution in [2.45, 2.75) is 13.0 Å². The minimum absolute atomic E-state index is 0.0796. The van der Waals surface area contributed by atoms with E-state index in [-0.39, 0.29) is 5.78 Å². The van der Waals surface area contributed by atoms with Crippen LogP contribution >= 0.6 is 0 Å². The van der Waals surface area contributed by atoms with Gasteiger partial charge < -0.3 is 9.84 Å². The second-order valence-electron chi connectivity index (χ2n) is 4.71. The Morgan fingerprint density at radius 1 is 1.05 bits per heavy atom. The summed E-state index contributed by atoms with van der Waals surface area (Å²) in [6.45, 7) is 1.73. The zero-order chi connectivity index (χ0) is 14.5. The highest BCUT2D eigenvalue weighted by Gasteiger charge is 2.26. The number of hydrogen-bond acceptors (Lipinski definition) is 3. The molecule has 0 fully saturated rings. The molecule has 0 aliphatic heterocycles. The van der Waals surface area contributed by atoms with Gasteiger partial charge >= 0.3 is 0 Å². The van der Waals surface area contributed by atoms with Crippen LogP contribution in [0.2, 0.25) is 0 Å². The predicted molar refractivity (Wildman–Crippen MR) is 77.9 cm³/mol. The number of rotatable bonds is 5. The first-order chi connectivity index (χ1) is 9.65. The number of carbonyl (C=O) groups excluding carboxylic acids is 1. The summed E-state index contributed by atoms with van der Waals surface area (Å²) in [6, 6.07) is 16.2. The van der Waals surface area contributed by atoms with Crippen LogP contribution < -0.4 is 4.74 Å². The van der Waals surface area contributed by atoms with Crippen LogP contribution in [-0.2, 0) is 0 Å². The Morgan fingerprint density at radius 2 is 1.65 bits per heavy atom. The van der Waals surface area contributed by atoms with Crippen molar-refractivity contribution in [3.8, 4) is 5.75 Å². The first-order valence-corrected chi connectivity index (χ1v) is 6.55. The Morgan fingerprint density at radius 3 is 2.30 bits per heavy atom. The smallest absolute Gasteiger partial charge is 0.168 e. The lowest BCUT2D eigenvalue weighted by atomic mass is 9.90. The van der Waals surface area contributed by atoms with E-state index in [1.54, 1.807) is 38.3 Å². The van der Waals surface area contributed by atoms with Gasteiger partial charge in [0.2, 0.25) is 0 Å². The normalized spacial score (nSPS) is 13.6. The van der Waals surface area contributed by atoms with Crippen LogP contribution in [0, 0.1) is 5.92 Å². The zero-order valence-corrected chi connectivity index (χ0v) is 11.6. The molecule has 3 nitrogen and oxygen atoms in total. The van der Waals surface area contributed by atoms with Crippen molar-refractivity contribution in [1.82, 2.24) is 0 Å². The molecule has 2 atom stereocenters. The lowest BCUT2D eigenvalue weighted by Crippen LogP contribution is -2.20. The second-order valence-corrected chi connectivity index (χ2v) is 4.71. The molecule has 0 saturated carbocycles. The first kappa shape index (κ1) is 14.3. The van der Waals surface area contributed by atoms with E-state index in [0.717, 1.165) is 0 Å². The van der Waals surface area contributed by atoms with Crippen LogP contribution in [0.25, 0.3) is 0 Å². The van der Waals surface area contributed by atoms with Crippen LogP contribution in [0.3, 0.4) is 0 Å². The fraction of sp³-hybridized carbons (Fsp3) is 0.235. The molecule has 0 unspecified atom stereocenters. The van der Waals surface area contributed by atoms with E-state index in [1.165, 1.54) is 0 Å². The number of para-hydroxylation sites is 1. The molecule has 1 N–H and O–H groups in total. The Bertz CT molecular complexity index is 578. The summed E-state index contributed by atoms with van der Waals surface area (Å²) in [5.41, 5.74) is 1.24. The van der Waals surface area contributed by atoms with Gasteiger partial charge in [-0.3, -0.25) is 4.79 Å². The zero-order valence-electron chi connectivity index (χ0n) is 11.6. The summed E-state index contributed by atoms with van der Waals surface area (Å²) in [5, 5.41) is 10.4. The van der Waals surface area contributed by atoms with E-state index < -0.39 is 12.0 Å². The van der Waals surface area contributed by atoms with Crippen LogP contribution in [0.15, 0.2) is 54.6 Å². The standard InChI is InChI=1S/C17H18O3/c1-12(16(18)13-8-4-3-5-9-13)17(19)14-10-6-7-11-15(14)20-2/h3-12,17,19H,1-2H3/t12-,17+/m1/s1. The molecule has 0 radical (unpaired) electrons. The largest absolute Gasteiger partial charge is 0.496 e. The van der Waals surface area contributed by atoms with Crippen molar-refractivity contribution in [2.24, 2.45) is 5.92 Å². The van der Waals surface area contributed by atoms with Crippen molar-refractivity contribution in [3.05, 3.63) is 65.7 Å². The van der Waals surface area contributed by atoms with E-state index in [4.69, 9.17) is 4.74 Å². The van der Waals surface area contributed by atoms with Gasteiger partial charge in [0.1, 0.15) is 5.75 Å². The summed E-state index contributed by atoms with van der Waals surface area (Å²) in [6.07, 6.45) is -0.890. The van der Waals surface area contributed by atoms with Crippen molar-refractivity contribution in [1.29, 1.82) is 0 Å². The van der Waals surface area contributed by atoms with Crippen LogP contribution in [0.5, 0.6) is 5.75 Å². The number of Topliss-reactive ketones (excluding diaryl/α,β-unsaturated/α-hetero) is 1. The van der Waals surface area contributed by atoms with Gasteiger partial charge in [0.25, 0.3) is 0 Å². The average Bonchev–Trinajstić information content (AvgIpc) is 2.53. The van der Waals surface area contributed by atoms with Crippen molar-refractivity contribution < 1.29 is 14.6 Å². The summed E-state index contributed by atoms with van der Waals surface area (Å²) in [7, 11) is 1.55. The molecule has 2 aromatic carbocycles. The Labute approximate surface area is 118 Å². The SMILES string of the molecule is COc1ccccc1[C@@H](O)[C@H](C)C(=O)c1ccccc1. The van der Waals surface area contributed by atoms with Gasteiger partial charge in [-0.1, -0.05) is 55.5 Å². The number of methoxy groups -OCH3 is 1. The first-order valence-electron chi connectivity index (χ1n) is 6.55. The van der Waals surface area contributed by atoms with E-state index >= 15 is 0 Å². The number of hydrogen-bond donors (Lipinski definition) is 1. The fourth-order valence-corrected chi connectivity index (χ4v) is 2.19. The third-order valence-corrected chi connectivity index (χ3v) is 3.40. The minimum atomic E-state index is -0.890. The molecule has 0 saturated heterocycles. The second kappa shape index (κ2) is 6.35. The van der Waals surface area contributed by atoms with Crippen molar-refractivity contribution in [3.63, 3.8) is 0 Å². The molecule has 2 rings (SSSR count). The van der Waals surface area contributed by atoms with Crippen LogP contribution in [-0.4, -0.2) is 18.0 Å². The third kappa shape index (κ3) is 2.89. The van der Waals surface area contributed by atoms with Gasteiger partial charge in [-0.2, -0.15) is 0 Å². The van der Waals surface area contributed by atoms with E-state index in [0.29, 0.717) is 16.9 Å². The maximum absolute atomic E-state index is 12.4. The molecule has 0 aliphatic carbocycles. The maximum Gasteiger partial charge on any atom is 0.168 e. The lowest BCUT2D eigenvalue weighted by molar-refractivity contribution is 0.0707. The summed E-state index contributed by atoms with van der Waals surface area (Å²) >= 11 is 0. The van der Waals surface area contributed by atoms with E-state index in [2.05, 4.69) is 0 Å². The number of aliphatic hydroxyl groups excluding tert-OH is 1. The fourth-order valence-electron chi connectivity index (χ4n) is 2.19. The molecule has 0 heterocycles. The third-order valence-electron chi connectivity index (χ3n) is 3.40. The number of carbonyl (C=O) groups is 1. The van der Waals surface area contributed by atoms with Crippen LogP contribution in [0.1, 0.15) is 28.9 Å². The topological polar surface area (TPSA) is 46.5 Å². The maximum atomic E-state index is 12.4. The predicted octanol–water partition coefficient (Wildman–Crippen LogP) is 3.25. The summed E-state index contributed by atoms with van der Waals surface area (Å²) in [4.78, 5) is 12.4. The molecule has 0 amide bonds. The summed E-state index contributed by atoms with van der Waals surface area (Å²) in [5.74, 6) is -0.0228. The number of ether oxygens (including phenoxy) is 1. The Balaban J connectivity index is 2.24. The van der Waals surface area contributed by atoms with Gasteiger partial charge in [0.15, 0.2) is 5.78 Å². The molecule has 0 aliphatic rings. The highest BCUT2D eigenvalue weighted by Crippen LogP contribution is 2.31. The molecule has 2 aromatic rings. The minimum Gasteiger partial charge on any atom is -0.496 e. The number of aliphatic hydroxyl groups is 1. The number of ketones is 1. The van der Waals surface area contributed by atoms with E-state index in [1.807, 2.05) is 30.3 Å². The van der Waals surface area contributed by atoms with E-state index in [9.17, 15) is 9.90 Å². The van der Waals surface area contributed by atoms with Gasteiger partial charge in [-0.25, -0.2) is 0 Å². The molecule has 3 heteroatoms. The molecule has 20 heavy (non-hydrogen) atoms. The molecule has 0 bridgehead atoms. The van der Waals surface area contributed by atoms with Crippen molar-refractivity contribution in [2.75, 3.05) is 7.11 Å². The van der Waals surface area contributed by atoms with Gasteiger partial charge in [0, 0.05) is 17.0 Å². The van der Waals surface area contributed by atoms with Gasteiger partial charge in [-0.15, -0.1) is 0 Å².